The standard InChI is InChI=1S/C18H17FN4OS/c1-25-18-20-9-13-10-23(6-5-16(13)21-18)11-15-8-17(22-24-15)12-3-2-4-14(19)7-12/h2-4,7-9H,5-6,10-11H2,1H3. The summed E-state index contributed by atoms with van der Waals surface area (Å²) in [6.07, 6.45) is 4.80. The highest BCUT2D eigenvalue weighted by Crippen LogP contribution is 2.23. The summed E-state index contributed by atoms with van der Waals surface area (Å²) in [5, 5.41) is 4.89. The van der Waals surface area contributed by atoms with E-state index in [4.69, 9.17) is 4.52 Å². The van der Waals surface area contributed by atoms with Crippen molar-refractivity contribution in [2.45, 2.75) is 24.7 Å². The lowest BCUT2D eigenvalue weighted by Gasteiger charge is -2.26. The molecule has 3 aromatic rings. The second-order valence-electron chi connectivity index (χ2n) is 5.98. The van der Waals surface area contributed by atoms with Crippen molar-refractivity contribution < 1.29 is 8.91 Å². The molecule has 3 heterocycles. The summed E-state index contributed by atoms with van der Waals surface area (Å²) in [5.74, 6) is 0.490. The van der Waals surface area contributed by atoms with E-state index in [0.717, 1.165) is 47.2 Å². The maximum Gasteiger partial charge on any atom is 0.187 e. The van der Waals surface area contributed by atoms with Crippen LogP contribution in [0, 0.1) is 5.82 Å². The molecule has 128 valence electrons. The van der Waals surface area contributed by atoms with Gasteiger partial charge in [-0.15, -0.1) is 0 Å². The Balaban J connectivity index is 1.46. The van der Waals surface area contributed by atoms with Crippen LogP contribution in [-0.2, 0) is 19.5 Å². The Hall–Kier alpha value is -2.25. The third-order valence-electron chi connectivity index (χ3n) is 4.23. The third-order valence-corrected chi connectivity index (χ3v) is 4.79. The number of aromatic nitrogens is 3. The van der Waals surface area contributed by atoms with Gasteiger partial charge in [-0.05, 0) is 18.4 Å². The van der Waals surface area contributed by atoms with Crippen LogP contribution in [0.25, 0.3) is 11.3 Å². The number of fused-ring (bicyclic) bond motifs is 1. The predicted octanol–water partition coefficient (Wildman–Crippen LogP) is 3.55. The zero-order chi connectivity index (χ0) is 17.2. The summed E-state index contributed by atoms with van der Waals surface area (Å²) >= 11 is 1.56. The van der Waals surface area contributed by atoms with E-state index in [-0.39, 0.29) is 5.82 Å². The Labute approximate surface area is 149 Å². The van der Waals surface area contributed by atoms with Crippen LogP contribution in [0.2, 0.25) is 0 Å². The maximum absolute atomic E-state index is 13.3. The zero-order valence-electron chi connectivity index (χ0n) is 13.8. The van der Waals surface area contributed by atoms with Crippen molar-refractivity contribution in [1.29, 1.82) is 0 Å². The Morgan fingerprint density at radius 3 is 3.08 bits per heavy atom. The fourth-order valence-corrected chi connectivity index (χ4v) is 3.34. The summed E-state index contributed by atoms with van der Waals surface area (Å²) in [6, 6.07) is 8.24. The van der Waals surface area contributed by atoms with Gasteiger partial charge in [0.25, 0.3) is 0 Å². The minimum absolute atomic E-state index is 0.278. The highest BCUT2D eigenvalue weighted by molar-refractivity contribution is 7.98. The Morgan fingerprint density at radius 1 is 1.32 bits per heavy atom. The van der Waals surface area contributed by atoms with Crippen LogP contribution in [0.15, 0.2) is 46.2 Å². The van der Waals surface area contributed by atoms with Crippen molar-refractivity contribution in [1.82, 2.24) is 20.0 Å². The van der Waals surface area contributed by atoms with Crippen molar-refractivity contribution in [3.8, 4) is 11.3 Å². The van der Waals surface area contributed by atoms with Gasteiger partial charge in [-0.25, -0.2) is 14.4 Å². The van der Waals surface area contributed by atoms with Gasteiger partial charge in [0.15, 0.2) is 10.9 Å². The minimum Gasteiger partial charge on any atom is -0.359 e. The molecule has 0 bridgehead atoms. The van der Waals surface area contributed by atoms with E-state index in [1.54, 1.807) is 17.8 Å². The Bertz CT molecular complexity index is 898. The van der Waals surface area contributed by atoms with Gasteiger partial charge in [0.1, 0.15) is 11.5 Å². The lowest BCUT2D eigenvalue weighted by Crippen LogP contribution is -2.30. The van der Waals surface area contributed by atoms with Crippen LogP contribution < -0.4 is 0 Å². The molecule has 0 radical (unpaired) electrons. The lowest BCUT2D eigenvalue weighted by atomic mass is 10.1. The van der Waals surface area contributed by atoms with Gasteiger partial charge < -0.3 is 4.52 Å². The zero-order valence-corrected chi connectivity index (χ0v) is 14.6. The summed E-state index contributed by atoms with van der Waals surface area (Å²) < 4.78 is 18.8. The van der Waals surface area contributed by atoms with Crippen LogP contribution in [0.1, 0.15) is 17.0 Å². The SMILES string of the molecule is CSc1ncc2c(n1)CCN(Cc1cc(-c3cccc(F)c3)no1)C2. The molecule has 0 fully saturated rings. The molecule has 4 rings (SSSR count). The molecule has 0 aliphatic carbocycles. The molecule has 5 nitrogen and oxygen atoms in total. The molecule has 0 spiro atoms. The van der Waals surface area contributed by atoms with Crippen molar-refractivity contribution in [2.24, 2.45) is 0 Å². The topological polar surface area (TPSA) is 55.1 Å². The van der Waals surface area contributed by atoms with Crippen LogP contribution in [0.5, 0.6) is 0 Å². The molecule has 0 saturated carbocycles. The van der Waals surface area contributed by atoms with Gasteiger partial charge in [-0.1, -0.05) is 29.1 Å². The largest absolute Gasteiger partial charge is 0.359 e. The minimum atomic E-state index is -0.278. The van der Waals surface area contributed by atoms with E-state index < -0.39 is 0 Å². The van der Waals surface area contributed by atoms with Crippen molar-refractivity contribution in [3.05, 3.63) is 59.4 Å². The summed E-state index contributed by atoms with van der Waals surface area (Å²) in [4.78, 5) is 11.2. The van der Waals surface area contributed by atoms with Crippen LogP contribution in [-0.4, -0.2) is 32.8 Å². The molecule has 25 heavy (non-hydrogen) atoms. The molecule has 0 saturated heterocycles. The number of rotatable bonds is 4. The number of benzene rings is 1. The molecule has 0 atom stereocenters. The number of nitrogens with zero attached hydrogens (tertiary/aromatic N) is 4. The molecule has 1 aliphatic rings. The summed E-state index contributed by atoms with van der Waals surface area (Å²) in [6.45, 7) is 2.36. The van der Waals surface area contributed by atoms with E-state index in [1.165, 1.54) is 12.1 Å². The van der Waals surface area contributed by atoms with Gasteiger partial charge in [0.2, 0.25) is 0 Å². The van der Waals surface area contributed by atoms with Gasteiger partial charge in [-0.2, -0.15) is 0 Å². The van der Waals surface area contributed by atoms with Gasteiger partial charge in [0, 0.05) is 42.9 Å². The Morgan fingerprint density at radius 2 is 2.24 bits per heavy atom. The average molecular weight is 356 g/mol. The first-order valence-corrected chi connectivity index (χ1v) is 9.26. The highest BCUT2D eigenvalue weighted by Gasteiger charge is 2.20. The van der Waals surface area contributed by atoms with Crippen molar-refractivity contribution in [3.63, 3.8) is 0 Å². The predicted molar refractivity (Wildman–Crippen MR) is 93.5 cm³/mol. The Kier molecular flexibility index (Phi) is 4.50. The molecule has 7 heteroatoms. The number of halogens is 1. The third kappa shape index (κ3) is 3.57. The highest BCUT2D eigenvalue weighted by atomic mass is 32.2. The fraction of sp³-hybridized carbons (Fsp3) is 0.278. The van der Waals surface area contributed by atoms with Gasteiger partial charge >= 0.3 is 0 Å². The van der Waals surface area contributed by atoms with Crippen LogP contribution >= 0.6 is 11.8 Å². The molecule has 0 amide bonds. The fourth-order valence-electron chi connectivity index (χ4n) is 2.98. The molecular formula is C18H17FN4OS. The molecule has 0 N–H and O–H groups in total. The second kappa shape index (κ2) is 6.93. The number of hydrogen-bond acceptors (Lipinski definition) is 6. The van der Waals surface area contributed by atoms with Crippen molar-refractivity contribution in [2.75, 3.05) is 12.8 Å². The first kappa shape index (κ1) is 16.2. The van der Waals surface area contributed by atoms with E-state index in [2.05, 4.69) is 20.0 Å². The average Bonchev–Trinajstić information content (AvgIpc) is 3.10. The van der Waals surface area contributed by atoms with E-state index in [1.807, 2.05) is 24.6 Å². The van der Waals surface area contributed by atoms with E-state index in [9.17, 15) is 4.39 Å². The van der Waals surface area contributed by atoms with E-state index >= 15 is 0 Å². The molecule has 1 aliphatic heterocycles. The lowest BCUT2D eigenvalue weighted by molar-refractivity contribution is 0.212. The molecule has 2 aromatic heterocycles. The van der Waals surface area contributed by atoms with Gasteiger partial charge in [0.05, 0.1) is 12.2 Å². The van der Waals surface area contributed by atoms with Crippen LogP contribution in [0.4, 0.5) is 4.39 Å². The summed E-state index contributed by atoms with van der Waals surface area (Å²) in [5.41, 5.74) is 3.67. The maximum atomic E-state index is 13.3. The van der Waals surface area contributed by atoms with Crippen LogP contribution in [0.3, 0.4) is 0 Å². The first-order valence-electron chi connectivity index (χ1n) is 8.04. The normalized spacial score (nSPS) is 14.5. The quantitative estimate of drug-likeness (QED) is 0.526. The molecule has 1 aromatic carbocycles. The van der Waals surface area contributed by atoms with Gasteiger partial charge in [-0.3, -0.25) is 4.90 Å². The first-order chi connectivity index (χ1) is 12.2. The van der Waals surface area contributed by atoms with Crippen molar-refractivity contribution >= 4 is 11.8 Å². The second-order valence-corrected chi connectivity index (χ2v) is 6.75. The monoisotopic (exact) mass is 356 g/mol. The summed E-state index contributed by atoms with van der Waals surface area (Å²) in [7, 11) is 0. The molecule has 0 unspecified atom stereocenters. The smallest absolute Gasteiger partial charge is 0.187 e. The molecular weight excluding hydrogens is 339 g/mol. The van der Waals surface area contributed by atoms with E-state index in [0.29, 0.717) is 12.2 Å². The number of thioether (sulfide) groups is 1. The number of hydrogen-bond donors (Lipinski definition) is 0.